The molecule has 4 aromatic rings. The largest absolute Gasteiger partial charge is 0.381 e. The molecule has 3 unspecified atom stereocenters. The Morgan fingerprint density at radius 3 is 2.49 bits per heavy atom. The van der Waals surface area contributed by atoms with Crippen molar-refractivity contribution in [2.45, 2.75) is 56.7 Å². The maximum atomic E-state index is 13.9. The van der Waals surface area contributed by atoms with E-state index in [-0.39, 0.29) is 18.2 Å². The smallest absolute Gasteiger partial charge is 0.254 e. The van der Waals surface area contributed by atoms with Crippen LogP contribution >= 0.6 is 11.8 Å². The van der Waals surface area contributed by atoms with Crippen LogP contribution in [0.15, 0.2) is 91.1 Å². The summed E-state index contributed by atoms with van der Waals surface area (Å²) >= 11 is 1.48. The molecule has 0 aliphatic carbocycles. The van der Waals surface area contributed by atoms with E-state index in [4.69, 9.17) is 0 Å². The molecule has 0 spiro atoms. The molecule has 0 saturated carbocycles. The van der Waals surface area contributed by atoms with Gasteiger partial charge < -0.3 is 20.6 Å². The third-order valence-corrected chi connectivity index (χ3v) is 9.27. The number of aryl methyl sites for hydroxylation is 1. The van der Waals surface area contributed by atoms with Crippen molar-refractivity contribution in [3.63, 3.8) is 0 Å². The van der Waals surface area contributed by atoms with Crippen molar-refractivity contribution < 1.29 is 19.5 Å². The number of carbonyl (C=O) groups excluding carboxylic acids is 3. The van der Waals surface area contributed by atoms with Gasteiger partial charge in [-0.05, 0) is 56.0 Å². The Morgan fingerprint density at radius 2 is 1.72 bits per heavy atom. The molecule has 1 fully saturated rings. The molecule has 2 heterocycles. The summed E-state index contributed by atoms with van der Waals surface area (Å²) in [5, 5.41) is 18.2. The van der Waals surface area contributed by atoms with Crippen LogP contribution in [0.4, 0.5) is 0 Å². The van der Waals surface area contributed by atoms with Crippen LogP contribution in [-0.2, 0) is 22.6 Å². The Morgan fingerprint density at radius 1 is 1.02 bits per heavy atom. The molecule has 3 amide bonds. The molecular weight excluding hydrogens is 560 g/mol. The minimum absolute atomic E-state index is 0.217. The molecule has 3 N–H and O–H groups in total. The summed E-state index contributed by atoms with van der Waals surface area (Å²) in [6.07, 6.45) is 0.119. The van der Waals surface area contributed by atoms with Crippen LogP contribution < -0.4 is 10.6 Å². The monoisotopic (exact) mass is 596 g/mol. The van der Waals surface area contributed by atoms with Gasteiger partial charge in [-0.3, -0.25) is 19.4 Å². The van der Waals surface area contributed by atoms with E-state index in [1.165, 1.54) is 22.9 Å². The Kier molecular flexibility index (Phi) is 9.13. The number of benzene rings is 3. The highest BCUT2D eigenvalue weighted by Gasteiger charge is 2.49. The first-order valence-electron chi connectivity index (χ1n) is 14.3. The van der Waals surface area contributed by atoms with Crippen LogP contribution in [0.2, 0.25) is 0 Å². The van der Waals surface area contributed by atoms with Crippen molar-refractivity contribution in [3.8, 4) is 0 Å². The van der Waals surface area contributed by atoms with Crippen LogP contribution in [0.3, 0.4) is 0 Å². The van der Waals surface area contributed by atoms with Gasteiger partial charge in [-0.15, -0.1) is 11.8 Å². The van der Waals surface area contributed by atoms with Crippen molar-refractivity contribution in [1.82, 2.24) is 20.5 Å². The highest BCUT2D eigenvalue weighted by molar-refractivity contribution is 8.00. The number of fused-ring (bicyclic) bond motifs is 1. The SMILES string of the molecule is Cc1ccccc1CNC(=O)C1N(C(=O)C(O)C(Cc2ccccc2)NC(=O)c2cnc3ccccc3c2)CSC1(C)C. The molecule has 1 aliphatic heterocycles. The quantitative estimate of drug-likeness (QED) is 0.267. The third-order valence-electron chi connectivity index (χ3n) is 7.89. The normalized spacial score (nSPS) is 17.3. The van der Waals surface area contributed by atoms with Crippen molar-refractivity contribution in [2.24, 2.45) is 0 Å². The van der Waals surface area contributed by atoms with Crippen LogP contribution in [0.1, 0.15) is 40.9 Å². The van der Waals surface area contributed by atoms with E-state index in [0.29, 0.717) is 12.1 Å². The van der Waals surface area contributed by atoms with Gasteiger partial charge in [0.05, 0.1) is 23.0 Å². The number of thioether (sulfide) groups is 1. The summed E-state index contributed by atoms with van der Waals surface area (Å²) in [6.45, 7) is 6.16. The lowest BCUT2D eigenvalue weighted by atomic mass is 9.96. The van der Waals surface area contributed by atoms with Gasteiger partial charge in [-0.1, -0.05) is 72.8 Å². The minimum atomic E-state index is -1.58. The standard InChI is InChI=1S/C34H36N4O4S/c1-22-11-7-8-15-25(22)19-36-32(41)30-34(2,3)43-21-38(30)33(42)29(39)28(17-23-12-5-4-6-13-23)37-31(40)26-18-24-14-9-10-16-27(24)35-20-26/h4-16,18,20,28-30,39H,17,19,21H2,1-3H3,(H,36,41)(H,37,40). The van der Waals surface area contributed by atoms with Gasteiger partial charge in [0, 0.05) is 22.9 Å². The number of amides is 3. The average molecular weight is 597 g/mol. The van der Waals surface area contributed by atoms with E-state index in [9.17, 15) is 19.5 Å². The second-order valence-electron chi connectivity index (χ2n) is 11.4. The zero-order chi connectivity index (χ0) is 30.6. The van der Waals surface area contributed by atoms with Gasteiger partial charge in [-0.2, -0.15) is 0 Å². The fourth-order valence-electron chi connectivity index (χ4n) is 5.40. The Hall–Kier alpha value is -4.21. The number of para-hydroxylation sites is 1. The number of nitrogens with zero attached hydrogens (tertiary/aromatic N) is 2. The van der Waals surface area contributed by atoms with Gasteiger partial charge in [0.25, 0.3) is 11.8 Å². The first-order chi connectivity index (χ1) is 20.6. The molecule has 1 aliphatic rings. The number of aromatic nitrogens is 1. The van der Waals surface area contributed by atoms with E-state index in [2.05, 4.69) is 15.6 Å². The molecule has 3 atom stereocenters. The van der Waals surface area contributed by atoms with E-state index < -0.39 is 34.7 Å². The first-order valence-corrected chi connectivity index (χ1v) is 15.3. The van der Waals surface area contributed by atoms with E-state index in [0.717, 1.165) is 27.6 Å². The number of aliphatic hydroxyl groups excluding tert-OH is 1. The van der Waals surface area contributed by atoms with Gasteiger partial charge in [0.15, 0.2) is 6.10 Å². The molecule has 43 heavy (non-hydrogen) atoms. The predicted octanol–water partition coefficient (Wildman–Crippen LogP) is 4.24. The van der Waals surface area contributed by atoms with Crippen molar-refractivity contribution in [1.29, 1.82) is 0 Å². The van der Waals surface area contributed by atoms with Crippen molar-refractivity contribution >= 4 is 40.4 Å². The Labute approximate surface area is 255 Å². The van der Waals surface area contributed by atoms with Crippen LogP contribution in [0.25, 0.3) is 10.9 Å². The molecule has 3 aromatic carbocycles. The molecule has 222 valence electrons. The van der Waals surface area contributed by atoms with Gasteiger partial charge in [-0.25, -0.2) is 0 Å². The highest BCUT2D eigenvalue weighted by atomic mass is 32.2. The van der Waals surface area contributed by atoms with Crippen LogP contribution in [0.5, 0.6) is 0 Å². The highest BCUT2D eigenvalue weighted by Crippen LogP contribution is 2.40. The Bertz CT molecular complexity index is 1630. The summed E-state index contributed by atoms with van der Waals surface area (Å²) in [5.41, 5.74) is 3.98. The maximum absolute atomic E-state index is 13.9. The summed E-state index contributed by atoms with van der Waals surface area (Å²) in [4.78, 5) is 46.7. The summed E-state index contributed by atoms with van der Waals surface area (Å²) < 4.78 is -0.583. The second kappa shape index (κ2) is 13.0. The third kappa shape index (κ3) is 6.89. The Balaban J connectivity index is 1.36. The van der Waals surface area contributed by atoms with Crippen LogP contribution in [0, 0.1) is 6.92 Å². The lowest BCUT2D eigenvalue weighted by Crippen LogP contribution is -2.58. The number of pyridine rings is 1. The second-order valence-corrected chi connectivity index (χ2v) is 13.0. The number of carbonyl (C=O) groups is 3. The van der Waals surface area contributed by atoms with E-state index in [1.54, 1.807) is 6.07 Å². The molecule has 1 aromatic heterocycles. The van der Waals surface area contributed by atoms with Gasteiger partial charge in [0.1, 0.15) is 6.04 Å². The number of hydrogen-bond acceptors (Lipinski definition) is 6. The van der Waals surface area contributed by atoms with Crippen molar-refractivity contribution in [2.75, 3.05) is 5.88 Å². The fraction of sp³-hybridized carbons (Fsp3) is 0.294. The zero-order valence-corrected chi connectivity index (χ0v) is 25.3. The predicted molar refractivity (Wildman–Crippen MR) is 169 cm³/mol. The van der Waals surface area contributed by atoms with Gasteiger partial charge >= 0.3 is 0 Å². The number of aliphatic hydroxyl groups is 1. The molecule has 5 rings (SSSR count). The first kappa shape index (κ1) is 30.3. The van der Waals surface area contributed by atoms with Gasteiger partial charge in [0.2, 0.25) is 5.91 Å². The maximum Gasteiger partial charge on any atom is 0.254 e. The number of hydrogen-bond donors (Lipinski definition) is 3. The average Bonchev–Trinajstić information content (AvgIpc) is 3.34. The van der Waals surface area contributed by atoms with Crippen LogP contribution in [-0.4, -0.2) is 61.5 Å². The molecule has 8 nitrogen and oxygen atoms in total. The number of rotatable bonds is 9. The minimum Gasteiger partial charge on any atom is -0.381 e. The lowest BCUT2D eigenvalue weighted by Gasteiger charge is -2.33. The fourth-order valence-corrected chi connectivity index (χ4v) is 6.54. The molecule has 0 bridgehead atoms. The summed E-state index contributed by atoms with van der Waals surface area (Å²) in [6, 6.07) is 24.6. The molecule has 9 heteroatoms. The van der Waals surface area contributed by atoms with Crippen molar-refractivity contribution in [3.05, 3.63) is 113 Å². The molecule has 0 radical (unpaired) electrons. The van der Waals surface area contributed by atoms with E-state index in [1.807, 2.05) is 99.6 Å². The molecular formula is C34H36N4O4S. The zero-order valence-electron chi connectivity index (χ0n) is 24.5. The molecule has 1 saturated heterocycles. The lowest BCUT2D eigenvalue weighted by molar-refractivity contribution is -0.147. The number of nitrogens with one attached hydrogen (secondary N) is 2. The summed E-state index contributed by atoms with van der Waals surface area (Å²) in [7, 11) is 0. The topological polar surface area (TPSA) is 112 Å². The summed E-state index contributed by atoms with van der Waals surface area (Å²) in [5.74, 6) is -1.10. The van der Waals surface area contributed by atoms with E-state index >= 15 is 0 Å².